The van der Waals surface area contributed by atoms with E-state index in [0.717, 1.165) is 35.9 Å². The largest absolute Gasteiger partial charge is 0.493 e. The second-order valence-corrected chi connectivity index (χ2v) is 7.82. The number of hydrogen-bond donors (Lipinski definition) is 3. The summed E-state index contributed by atoms with van der Waals surface area (Å²) < 4.78 is 5.98. The number of anilines is 1. The summed E-state index contributed by atoms with van der Waals surface area (Å²) in [5.74, 6) is 1.89. The molecule has 0 fully saturated rings. The van der Waals surface area contributed by atoms with Crippen molar-refractivity contribution in [3.05, 3.63) is 58.7 Å². The molecule has 0 saturated carbocycles. The van der Waals surface area contributed by atoms with Gasteiger partial charge >= 0.3 is 0 Å². The zero-order valence-electron chi connectivity index (χ0n) is 18.3. The Morgan fingerprint density at radius 2 is 2.00 bits per heavy atom. The molecule has 0 aromatic heterocycles. The van der Waals surface area contributed by atoms with E-state index in [1.165, 1.54) is 16.7 Å². The smallest absolute Gasteiger partial charge is 0.225 e. The van der Waals surface area contributed by atoms with E-state index < -0.39 is 0 Å². The Kier molecular flexibility index (Phi) is 7.33. The fourth-order valence-electron chi connectivity index (χ4n) is 3.74. The second kappa shape index (κ2) is 10.1. The fraction of sp³-hybridized carbons (Fsp3) is 0.417. The molecule has 1 heterocycles. The zero-order chi connectivity index (χ0) is 21.5. The van der Waals surface area contributed by atoms with Crippen molar-refractivity contribution in [1.29, 1.82) is 0 Å². The van der Waals surface area contributed by atoms with E-state index in [-0.39, 0.29) is 11.8 Å². The summed E-state index contributed by atoms with van der Waals surface area (Å²) in [5.41, 5.74) is 5.74. The molecule has 6 heteroatoms. The molecule has 30 heavy (non-hydrogen) atoms. The lowest BCUT2D eigenvalue weighted by molar-refractivity contribution is -0.116. The van der Waals surface area contributed by atoms with Crippen molar-refractivity contribution in [1.82, 2.24) is 10.6 Å². The van der Waals surface area contributed by atoms with Crippen LogP contribution < -0.4 is 20.7 Å². The fourth-order valence-corrected chi connectivity index (χ4v) is 3.74. The number of fused-ring (bicyclic) bond motifs is 1. The number of carbonyl (C=O) groups is 1. The van der Waals surface area contributed by atoms with Crippen LogP contribution in [0.1, 0.15) is 41.0 Å². The van der Waals surface area contributed by atoms with Gasteiger partial charge in [-0.2, -0.15) is 0 Å². The van der Waals surface area contributed by atoms with Crippen molar-refractivity contribution >= 4 is 17.6 Å². The van der Waals surface area contributed by atoms with Crippen LogP contribution in [-0.2, 0) is 4.79 Å². The molecule has 3 N–H and O–H groups in total. The van der Waals surface area contributed by atoms with Crippen LogP contribution in [-0.4, -0.2) is 38.6 Å². The topological polar surface area (TPSA) is 74.8 Å². The van der Waals surface area contributed by atoms with E-state index in [4.69, 9.17) is 4.74 Å². The van der Waals surface area contributed by atoms with Crippen LogP contribution in [0.2, 0.25) is 0 Å². The Hall–Kier alpha value is -3.02. The standard InChI is InChI=1S/C24H32N4O2/c1-16-12-17(2)18(3)22(13-16)30-11-7-10-26-24(25-4)27-15-19-14-23(29)28-21-9-6-5-8-20(19)21/h5-6,8-9,12-13,19H,7,10-11,14-15H2,1-4H3,(H,28,29)(H2,25,26,27). The van der Waals surface area contributed by atoms with Crippen molar-refractivity contribution in [3.8, 4) is 5.75 Å². The first-order valence-corrected chi connectivity index (χ1v) is 10.5. The van der Waals surface area contributed by atoms with E-state index >= 15 is 0 Å². The van der Waals surface area contributed by atoms with E-state index in [9.17, 15) is 4.79 Å². The lowest BCUT2D eigenvalue weighted by Crippen LogP contribution is -2.41. The van der Waals surface area contributed by atoms with E-state index in [1.807, 2.05) is 18.2 Å². The Bertz CT molecular complexity index is 923. The summed E-state index contributed by atoms with van der Waals surface area (Å²) in [5, 5.41) is 9.62. The van der Waals surface area contributed by atoms with Crippen molar-refractivity contribution in [3.63, 3.8) is 0 Å². The van der Waals surface area contributed by atoms with Gasteiger partial charge in [0.1, 0.15) is 5.75 Å². The van der Waals surface area contributed by atoms with Crippen LogP contribution in [0, 0.1) is 20.8 Å². The summed E-state index contributed by atoms with van der Waals surface area (Å²) in [7, 11) is 1.76. The molecule has 1 amide bonds. The summed E-state index contributed by atoms with van der Waals surface area (Å²) >= 11 is 0. The van der Waals surface area contributed by atoms with Gasteiger partial charge in [-0.3, -0.25) is 9.79 Å². The molecule has 0 bridgehead atoms. The average molecular weight is 409 g/mol. The van der Waals surface area contributed by atoms with E-state index in [0.29, 0.717) is 19.6 Å². The lowest BCUT2D eigenvalue weighted by Gasteiger charge is -2.26. The first-order valence-electron chi connectivity index (χ1n) is 10.5. The van der Waals surface area contributed by atoms with Crippen molar-refractivity contribution in [2.24, 2.45) is 4.99 Å². The minimum Gasteiger partial charge on any atom is -0.493 e. The average Bonchev–Trinajstić information content (AvgIpc) is 2.73. The number of hydrogen-bond acceptors (Lipinski definition) is 3. The van der Waals surface area contributed by atoms with E-state index in [1.54, 1.807) is 7.05 Å². The minimum atomic E-state index is 0.0577. The van der Waals surface area contributed by atoms with Gasteiger partial charge < -0.3 is 20.7 Å². The van der Waals surface area contributed by atoms with Crippen molar-refractivity contribution in [2.75, 3.05) is 32.1 Å². The molecular formula is C24H32N4O2. The number of aliphatic imine (C=N–C) groups is 1. The van der Waals surface area contributed by atoms with Gasteiger partial charge in [0.05, 0.1) is 6.61 Å². The third-order valence-corrected chi connectivity index (χ3v) is 5.48. The Morgan fingerprint density at radius 1 is 1.20 bits per heavy atom. The molecule has 0 spiro atoms. The molecule has 0 radical (unpaired) electrons. The molecule has 1 aliphatic rings. The molecule has 0 aliphatic carbocycles. The first kappa shape index (κ1) is 21.7. The van der Waals surface area contributed by atoms with Gasteiger partial charge in [-0.05, 0) is 61.6 Å². The summed E-state index contributed by atoms with van der Waals surface area (Å²) in [6.07, 6.45) is 1.34. The minimum absolute atomic E-state index is 0.0577. The number of benzene rings is 2. The molecule has 1 aliphatic heterocycles. The quantitative estimate of drug-likeness (QED) is 0.371. The Labute approximate surface area is 179 Å². The predicted molar refractivity (Wildman–Crippen MR) is 123 cm³/mol. The number of amides is 1. The first-order chi connectivity index (χ1) is 14.5. The molecule has 6 nitrogen and oxygen atoms in total. The SMILES string of the molecule is CN=C(NCCCOc1cc(C)cc(C)c1C)NCC1CC(=O)Nc2ccccc21. The number of aryl methyl sites for hydroxylation is 2. The summed E-state index contributed by atoms with van der Waals surface area (Å²) in [6.45, 7) is 8.35. The van der Waals surface area contributed by atoms with E-state index in [2.05, 4.69) is 59.9 Å². The van der Waals surface area contributed by atoms with Crippen LogP contribution in [0.5, 0.6) is 5.75 Å². The number of nitrogens with zero attached hydrogens (tertiary/aromatic N) is 1. The maximum Gasteiger partial charge on any atom is 0.225 e. The molecule has 0 saturated heterocycles. The highest BCUT2D eigenvalue weighted by Crippen LogP contribution is 2.31. The Morgan fingerprint density at radius 3 is 2.80 bits per heavy atom. The van der Waals surface area contributed by atoms with Crippen LogP contribution in [0.3, 0.4) is 0 Å². The highest BCUT2D eigenvalue weighted by Gasteiger charge is 2.24. The van der Waals surface area contributed by atoms with Crippen LogP contribution in [0.4, 0.5) is 5.69 Å². The van der Waals surface area contributed by atoms with Gasteiger partial charge in [-0.15, -0.1) is 0 Å². The van der Waals surface area contributed by atoms with Crippen molar-refractivity contribution in [2.45, 2.75) is 39.5 Å². The normalized spacial score (nSPS) is 15.9. The number of nitrogens with one attached hydrogen (secondary N) is 3. The maximum absolute atomic E-state index is 12.0. The molecule has 2 aromatic carbocycles. The third kappa shape index (κ3) is 5.53. The highest BCUT2D eigenvalue weighted by atomic mass is 16.5. The van der Waals surface area contributed by atoms with Gasteiger partial charge in [0.15, 0.2) is 5.96 Å². The van der Waals surface area contributed by atoms with Gasteiger partial charge in [0, 0.05) is 38.2 Å². The predicted octanol–water partition coefficient (Wildman–Crippen LogP) is 3.67. The van der Waals surface area contributed by atoms with Gasteiger partial charge in [-0.25, -0.2) is 0 Å². The lowest BCUT2D eigenvalue weighted by atomic mass is 9.90. The molecule has 160 valence electrons. The number of guanidine groups is 1. The number of ether oxygens (including phenoxy) is 1. The van der Waals surface area contributed by atoms with Crippen LogP contribution in [0.25, 0.3) is 0 Å². The molecular weight excluding hydrogens is 376 g/mol. The van der Waals surface area contributed by atoms with Gasteiger partial charge in [-0.1, -0.05) is 24.3 Å². The van der Waals surface area contributed by atoms with Crippen LogP contribution in [0.15, 0.2) is 41.4 Å². The van der Waals surface area contributed by atoms with Gasteiger partial charge in [0.25, 0.3) is 0 Å². The molecule has 1 unspecified atom stereocenters. The number of para-hydroxylation sites is 1. The van der Waals surface area contributed by atoms with Crippen molar-refractivity contribution < 1.29 is 9.53 Å². The highest BCUT2D eigenvalue weighted by molar-refractivity contribution is 5.94. The van der Waals surface area contributed by atoms with Gasteiger partial charge in [0.2, 0.25) is 5.91 Å². The monoisotopic (exact) mass is 408 g/mol. The molecule has 1 atom stereocenters. The summed E-state index contributed by atoms with van der Waals surface area (Å²) in [6, 6.07) is 12.2. The third-order valence-electron chi connectivity index (χ3n) is 5.48. The number of carbonyl (C=O) groups excluding carboxylic acids is 1. The van der Waals surface area contributed by atoms with Crippen LogP contribution >= 0.6 is 0 Å². The summed E-state index contributed by atoms with van der Waals surface area (Å²) in [4.78, 5) is 16.3. The Balaban J connectivity index is 1.43. The molecule has 3 rings (SSSR count). The molecule has 2 aromatic rings. The second-order valence-electron chi connectivity index (χ2n) is 7.82. The number of rotatable bonds is 7. The maximum atomic E-state index is 12.0. The zero-order valence-corrected chi connectivity index (χ0v) is 18.3.